The predicted molar refractivity (Wildman–Crippen MR) is 183 cm³/mol. The average molecular weight is 682 g/mol. The van der Waals surface area contributed by atoms with Crippen LogP contribution < -0.4 is 10.1 Å². The minimum atomic E-state index is -0.515. The number of carbonyl (C=O) groups is 2. The lowest BCUT2D eigenvalue weighted by Gasteiger charge is -2.22. The van der Waals surface area contributed by atoms with Crippen molar-refractivity contribution in [2.45, 2.75) is 37.1 Å². The number of rotatable bonds is 13. The molecule has 1 aliphatic rings. The first-order valence-corrected chi connectivity index (χ1v) is 16.9. The number of hydrazone groups is 1. The molecule has 48 heavy (non-hydrogen) atoms. The molecular formula is C34H31N7O5S2. The fraction of sp³-hybridized carbons (Fsp3) is 0.206. The van der Waals surface area contributed by atoms with Crippen LogP contribution in [0.2, 0.25) is 0 Å². The van der Waals surface area contributed by atoms with Gasteiger partial charge in [0.15, 0.2) is 11.0 Å². The Balaban J connectivity index is 1.19. The van der Waals surface area contributed by atoms with Gasteiger partial charge < -0.3 is 14.6 Å². The molecule has 12 nitrogen and oxygen atoms in total. The minimum Gasteiger partial charge on any atom is -0.497 e. The van der Waals surface area contributed by atoms with Gasteiger partial charge >= 0.3 is 0 Å². The zero-order valence-corrected chi connectivity index (χ0v) is 27.5. The van der Waals surface area contributed by atoms with Crippen molar-refractivity contribution in [1.82, 2.24) is 25.1 Å². The summed E-state index contributed by atoms with van der Waals surface area (Å²) in [5.74, 6) is 0.764. The normalized spacial score (nSPS) is 14.1. The van der Waals surface area contributed by atoms with E-state index in [2.05, 4.69) is 15.5 Å². The van der Waals surface area contributed by atoms with Crippen LogP contribution in [0.4, 0.5) is 5.69 Å². The highest BCUT2D eigenvalue weighted by molar-refractivity contribution is 7.99. The number of benzene rings is 3. The number of carbonyl (C=O) groups excluding carboxylic acids is 2. The third kappa shape index (κ3) is 7.61. The van der Waals surface area contributed by atoms with Crippen LogP contribution in [0.25, 0.3) is 0 Å². The fourth-order valence-corrected chi connectivity index (χ4v) is 6.83. The van der Waals surface area contributed by atoms with Crippen molar-refractivity contribution in [3.8, 4) is 5.75 Å². The molecule has 1 aliphatic heterocycles. The maximum Gasteiger partial charge on any atom is 0.269 e. The van der Waals surface area contributed by atoms with Gasteiger partial charge in [-0.05, 0) is 53.3 Å². The third-order valence-electron chi connectivity index (χ3n) is 7.80. The third-order valence-corrected chi connectivity index (χ3v) is 9.67. The number of hydrogen-bond acceptors (Lipinski definition) is 10. The number of aromatic nitrogens is 3. The Bertz CT molecular complexity index is 1910. The Hall–Kier alpha value is -5.34. The van der Waals surface area contributed by atoms with Gasteiger partial charge in [-0.25, -0.2) is 5.01 Å². The van der Waals surface area contributed by atoms with Crippen molar-refractivity contribution in [1.29, 1.82) is 0 Å². The Morgan fingerprint density at radius 2 is 1.79 bits per heavy atom. The summed E-state index contributed by atoms with van der Waals surface area (Å²) < 4.78 is 7.24. The number of non-ortho nitro benzene ring substituents is 1. The number of nitrogens with zero attached hydrogens (tertiary/aromatic N) is 6. The lowest BCUT2D eigenvalue weighted by Crippen LogP contribution is -2.28. The summed E-state index contributed by atoms with van der Waals surface area (Å²) in [5.41, 5.74) is 3.13. The van der Waals surface area contributed by atoms with E-state index in [1.54, 1.807) is 23.5 Å². The maximum atomic E-state index is 13.8. The monoisotopic (exact) mass is 681 g/mol. The zero-order chi connectivity index (χ0) is 33.5. The number of aryl methyl sites for hydroxylation is 1. The number of ether oxygens (including phenoxy) is 1. The lowest BCUT2D eigenvalue weighted by atomic mass is 10.0. The topological polar surface area (TPSA) is 145 Å². The van der Waals surface area contributed by atoms with E-state index in [4.69, 9.17) is 9.84 Å². The Kier molecular flexibility index (Phi) is 10.2. The molecule has 0 fully saturated rings. The largest absolute Gasteiger partial charge is 0.497 e. The molecule has 6 rings (SSSR count). The average Bonchev–Trinajstić information content (AvgIpc) is 3.90. The van der Waals surface area contributed by atoms with Gasteiger partial charge in [0.25, 0.3) is 17.5 Å². The molecule has 1 N–H and O–H groups in total. The van der Waals surface area contributed by atoms with Gasteiger partial charge in [0.1, 0.15) is 5.75 Å². The number of nitro groups is 1. The van der Waals surface area contributed by atoms with E-state index in [-0.39, 0.29) is 35.5 Å². The molecule has 0 aliphatic carbocycles. The number of nitrogens with one attached hydrogen (secondary N) is 1. The summed E-state index contributed by atoms with van der Waals surface area (Å²) in [6.45, 7) is 0.599. The lowest BCUT2D eigenvalue weighted by molar-refractivity contribution is -0.384. The standard InChI is InChI=1S/C34H31N7O5S2/c1-46-27-15-11-24(12-16-27)29-20-28(30-8-5-19-47-30)38-40(29)32(42)22-48-34-37-36-31(39(34)18-17-23-6-3-2-4-7-23)21-35-33(43)25-9-13-26(14-10-25)41(44)45/h2-16,19,29H,17-18,20-22H2,1H3,(H,35,43). The molecule has 3 heterocycles. The zero-order valence-electron chi connectivity index (χ0n) is 25.9. The van der Waals surface area contributed by atoms with E-state index in [1.807, 2.05) is 76.7 Å². The van der Waals surface area contributed by atoms with E-state index >= 15 is 0 Å². The van der Waals surface area contributed by atoms with Crippen molar-refractivity contribution in [2.75, 3.05) is 12.9 Å². The van der Waals surface area contributed by atoms with Crippen molar-refractivity contribution in [3.63, 3.8) is 0 Å². The second kappa shape index (κ2) is 15.0. The summed E-state index contributed by atoms with van der Waals surface area (Å²) in [5, 5.41) is 31.5. The highest BCUT2D eigenvalue weighted by Crippen LogP contribution is 2.35. The van der Waals surface area contributed by atoms with E-state index < -0.39 is 10.8 Å². The summed E-state index contributed by atoms with van der Waals surface area (Å²) in [4.78, 5) is 38.1. The number of thiophene rings is 1. The summed E-state index contributed by atoms with van der Waals surface area (Å²) >= 11 is 2.86. The summed E-state index contributed by atoms with van der Waals surface area (Å²) in [6.07, 6.45) is 1.28. The second-order valence-corrected chi connectivity index (χ2v) is 12.7. The van der Waals surface area contributed by atoms with Gasteiger partial charge in [-0.1, -0.05) is 60.3 Å². The van der Waals surface area contributed by atoms with Crippen LogP contribution in [0, 0.1) is 10.1 Å². The van der Waals surface area contributed by atoms with Crippen molar-refractivity contribution in [3.05, 3.63) is 134 Å². The van der Waals surface area contributed by atoms with Crippen LogP contribution >= 0.6 is 23.1 Å². The number of hydrogen-bond donors (Lipinski definition) is 1. The first-order chi connectivity index (χ1) is 23.4. The van der Waals surface area contributed by atoms with E-state index in [1.165, 1.54) is 36.0 Å². The summed E-state index contributed by atoms with van der Waals surface area (Å²) in [7, 11) is 1.62. The number of thioether (sulfide) groups is 1. The van der Waals surface area contributed by atoms with Crippen LogP contribution in [0.3, 0.4) is 0 Å². The van der Waals surface area contributed by atoms with Gasteiger partial charge in [-0.3, -0.25) is 19.7 Å². The summed E-state index contributed by atoms with van der Waals surface area (Å²) in [6, 6.07) is 26.8. The van der Waals surface area contributed by atoms with Gasteiger partial charge in [-0.2, -0.15) is 5.10 Å². The molecule has 1 atom stereocenters. The van der Waals surface area contributed by atoms with E-state index in [0.29, 0.717) is 30.4 Å². The van der Waals surface area contributed by atoms with Crippen molar-refractivity contribution >= 4 is 46.3 Å². The van der Waals surface area contributed by atoms with E-state index in [9.17, 15) is 19.7 Å². The highest BCUT2D eigenvalue weighted by Gasteiger charge is 2.33. The second-order valence-electron chi connectivity index (χ2n) is 10.8. The number of amides is 2. The van der Waals surface area contributed by atoms with E-state index in [0.717, 1.165) is 27.5 Å². The molecule has 0 saturated heterocycles. The molecule has 2 aromatic heterocycles. The van der Waals surface area contributed by atoms with Gasteiger partial charge in [-0.15, -0.1) is 21.5 Å². The maximum absolute atomic E-state index is 13.8. The molecule has 0 saturated carbocycles. The smallest absolute Gasteiger partial charge is 0.269 e. The van der Waals surface area contributed by atoms with Gasteiger partial charge in [0.2, 0.25) is 0 Å². The van der Waals surface area contributed by atoms with Crippen LogP contribution in [0.5, 0.6) is 5.75 Å². The van der Waals surface area contributed by atoms with Crippen LogP contribution in [-0.4, -0.2) is 55.1 Å². The molecule has 0 spiro atoms. The SMILES string of the molecule is COc1ccc(C2CC(c3cccs3)=NN2C(=O)CSc2nnc(CNC(=O)c3ccc([N+](=O)[O-])cc3)n2CCc2ccccc2)cc1. The van der Waals surface area contributed by atoms with Crippen LogP contribution in [-0.2, 0) is 24.3 Å². The quantitative estimate of drug-likeness (QED) is 0.0919. The molecule has 0 radical (unpaired) electrons. The Labute approximate surface area is 284 Å². The molecular weight excluding hydrogens is 651 g/mol. The molecule has 244 valence electrons. The molecule has 14 heteroatoms. The fourth-order valence-electron chi connectivity index (χ4n) is 5.27. The number of nitro benzene ring substituents is 1. The van der Waals surface area contributed by atoms with Gasteiger partial charge in [0.05, 0.1) is 41.0 Å². The predicted octanol–water partition coefficient (Wildman–Crippen LogP) is 5.90. The van der Waals surface area contributed by atoms with Crippen molar-refractivity contribution in [2.24, 2.45) is 5.10 Å². The molecule has 5 aromatic rings. The molecule has 3 aromatic carbocycles. The molecule has 1 unspecified atom stereocenters. The van der Waals surface area contributed by atoms with Crippen LogP contribution in [0.1, 0.15) is 44.6 Å². The van der Waals surface area contributed by atoms with Gasteiger partial charge in [0, 0.05) is 30.7 Å². The first kappa shape index (κ1) is 32.6. The molecule has 2 amide bonds. The first-order valence-electron chi connectivity index (χ1n) is 15.1. The Morgan fingerprint density at radius 1 is 1.02 bits per heavy atom. The van der Waals surface area contributed by atoms with Crippen molar-refractivity contribution < 1.29 is 19.2 Å². The Morgan fingerprint density at radius 3 is 2.48 bits per heavy atom. The molecule has 0 bridgehead atoms. The van der Waals surface area contributed by atoms with Crippen LogP contribution in [0.15, 0.2) is 107 Å². The minimum absolute atomic E-state index is 0.0756. The highest BCUT2D eigenvalue weighted by atomic mass is 32.2. The number of methoxy groups -OCH3 is 1.